The van der Waals surface area contributed by atoms with Gasteiger partial charge in [-0.25, -0.2) is 9.78 Å². The number of anilines is 2. The minimum atomic E-state index is -4.46. The molecule has 0 aliphatic heterocycles. The number of fused-ring (bicyclic) bond motifs is 5. The number of carbonyl (C=O) groups excluding carboxylic acids is 1. The molecule has 0 unspecified atom stereocenters. The van der Waals surface area contributed by atoms with Gasteiger partial charge in [-0.05, 0) is 122 Å². The van der Waals surface area contributed by atoms with Crippen molar-refractivity contribution >= 4 is 17.5 Å². The molecule has 47 heavy (non-hydrogen) atoms. The Bertz CT molecular complexity index is 1470. The molecule has 8 atom stereocenters. The molecule has 6 rings (SSSR count). The van der Waals surface area contributed by atoms with Crippen LogP contribution in [0.25, 0.3) is 0 Å². The molecule has 0 spiro atoms. The highest BCUT2D eigenvalue weighted by Crippen LogP contribution is 2.67. The van der Waals surface area contributed by atoms with E-state index in [1.54, 1.807) is 12.1 Å². The lowest BCUT2D eigenvalue weighted by molar-refractivity contribution is -0.137. The normalized spacial score (nSPS) is 32.5. The Kier molecular flexibility index (Phi) is 9.59. The van der Waals surface area contributed by atoms with E-state index in [0.29, 0.717) is 11.3 Å². The number of pyridine rings is 1. The van der Waals surface area contributed by atoms with Gasteiger partial charge in [0.2, 0.25) is 0 Å². The van der Waals surface area contributed by atoms with Gasteiger partial charge in [0.15, 0.2) is 0 Å². The van der Waals surface area contributed by atoms with Crippen LogP contribution in [0, 0.1) is 46.3 Å². The molecule has 0 bridgehead atoms. The number of esters is 1. The van der Waals surface area contributed by atoms with Crippen LogP contribution in [0.1, 0.15) is 121 Å². The van der Waals surface area contributed by atoms with Crippen LogP contribution in [-0.2, 0) is 10.9 Å². The zero-order chi connectivity index (χ0) is 33.6. The fraction of sp³-hybridized carbons (Fsp3) is 0.650. The molecule has 2 aromatic rings. The van der Waals surface area contributed by atoms with Crippen molar-refractivity contribution in [3.63, 3.8) is 0 Å². The Morgan fingerprint density at radius 2 is 1.83 bits per heavy atom. The standard InChI is InChI=1S/C40H53F3N2O2/c1-25(2)9-6-10-26(3)33-16-17-34-31-15-14-27-24-30(18-20-38(27,4)35(31)19-21-39(33,34)5)47-37(46)32-13-8-22-44-36(32)45-29-12-7-11-28(23-29)40(41,42)43/h7-8,11-14,22-23,25-26,30-31,33-35H,6,9-10,15-21,24H2,1-5H3,(H,44,45)/t26-,30+,31+,33-,34+,35+,38+,39-/m1/s1. The van der Waals surface area contributed by atoms with Crippen LogP contribution in [0.2, 0.25) is 0 Å². The molecule has 4 aliphatic carbocycles. The highest BCUT2D eigenvalue weighted by atomic mass is 19.4. The summed E-state index contributed by atoms with van der Waals surface area (Å²) in [6.45, 7) is 12.3. The Balaban J connectivity index is 1.11. The molecule has 256 valence electrons. The van der Waals surface area contributed by atoms with Crippen molar-refractivity contribution in [2.24, 2.45) is 46.3 Å². The first-order chi connectivity index (χ1) is 22.3. The van der Waals surface area contributed by atoms with Gasteiger partial charge in [-0.3, -0.25) is 0 Å². The van der Waals surface area contributed by atoms with E-state index in [2.05, 4.69) is 51.0 Å². The summed E-state index contributed by atoms with van der Waals surface area (Å²) in [4.78, 5) is 17.7. The Labute approximate surface area is 279 Å². The molecule has 4 nitrogen and oxygen atoms in total. The van der Waals surface area contributed by atoms with Crippen LogP contribution in [0.3, 0.4) is 0 Å². The van der Waals surface area contributed by atoms with Crippen LogP contribution < -0.4 is 5.32 Å². The quantitative estimate of drug-likeness (QED) is 0.217. The zero-order valence-corrected chi connectivity index (χ0v) is 28.8. The van der Waals surface area contributed by atoms with Crippen LogP contribution >= 0.6 is 0 Å². The molecule has 1 aromatic heterocycles. The maximum atomic E-state index is 13.5. The number of halogens is 3. The van der Waals surface area contributed by atoms with Crippen molar-refractivity contribution in [1.82, 2.24) is 4.98 Å². The average molecular weight is 651 g/mol. The molecule has 0 amide bonds. The number of hydrogen-bond acceptors (Lipinski definition) is 4. The molecule has 4 aliphatic rings. The SMILES string of the molecule is CC(C)CCC[C@@H](C)[C@H]1CC[C@H]2[C@@H]3CC=C4C[C@@H](OC(=O)c5cccnc5Nc5cccc(C(F)(F)F)c5)CC[C@]4(C)[C@H]3CC[C@]12C. The highest BCUT2D eigenvalue weighted by Gasteiger charge is 2.59. The lowest BCUT2D eigenvalue weighted by Gasteiger charge is -2.58. The molecule has 1 aromatic carbocycles. The number of hydrogen-bond donors (Lipinski definition) is 1. The molecule has 0 radical (unpaired) electrons. The van der Waals surface area contributed by atoms with Gasteiger partial charge >= 0.3 is 12.1 Å². The van der Waals surface area contributed by atoms with E-state index in [0.717, 1.165) is 67.4 Å². The lowest BCUT2D eigenvalue weighted by atomic mass is 9.47. The highest BCUT2D eigenvalue weighted by molar-refractivity contribution is 5.95. The first-order valence-corrected chi connectivity index (χ1v) is 18.1. The van der Waals surface area contributed by atoms with Gasteiger partial charge in [0.1, 0.15) is 17.5 Å². The number of nitrogens with one attached hydrogen (secondary N) is 1. The van der Waals surface area contributed by atoms with Gasteiger partial charge in [0, 0.05) is 18.3 Å². The number of carbonyl (C=O) groups is 1. The van der Waals surface area contributed by atoms with E-state index in [9.17, 15) is 18.0 Å². The topological polar surface area (TPSA) is 51.2 Å². The van der Waals surface area contributed by atoms with Crippen LogP contribution in [0.5, 0.6) is 0 Å². The zero-order valence-electron chi connectivity index (χ0n) is 28.8. The second-order valence-electron chi connectivity index (χ2n) is 16.2. The van der Waals surface area contributed by atoms with Gasteiger partial charge in [-0.15, -0.1) is 0 Å². The number of aromatic nitrogens is 1. The average Bonchev–Trinajstić information content (AvgIpc) is 3.38. The summed E-state index contributed by atoms with van der Waals surface area (Å²) in [6.07, 6.45) is 12.5. The summed E-state index contributed by atoms with van der Waals surface area (Å²) in [5, 5.41) is 2.91. The Hall–Kier alpha value is -2.83. The fourth-order valence-electron chi connectivity index (χ4n) is 10.5. The second kappa shape index (κ2) is 13.2. The van der Waals surface area contributed by atoms with E-state index in [1.165, 1.54) is 68.8 Å². The molecule has 1 heterocycles. The summed E-state index contributed by atoms with van der Waals surface area (Å²) in [7, 11) is 0. The third-order valence-corrected chi connectivity index (χ3v) is 13.0. The largest absolute Gasteiger partial charge is 0.458 e. The molecule has 3 fully saturated rings. The molecule has 7 heteroatoms. The molecular formula is C40H53F3N2O2. The number of rotatable bonds is 9. The summed E-state index contributed by atoms with van der Waals surface area (Å²) < 4.78 is 45.9. The van der Waals surface area contributed by atoms with Crippen LogP contribution in [-0.4, -0.2) is 17.1 Å². The summed E-state index contributed by atoms with van der Waals surface area (Å²) in [5.74, 6) is 4.36. The number of nitrogens with zero attached hydrogens (tertiary/aromatic N) is 1. The van der Waals surface area contributed by atoms with Crippen molar-refractivity contribution in [2.45, 2.75) is 118 Å². The van der Waals surface area contributed by atoms with Crippen molar-refractivity contribution in [2.75, 3.05) is 5.32 Å². The lowest BCUT2D eigenvalue weighted by Crippen LogP contribution is -2.51. The summed E-state index contributed by atoms with van der Waals surface area (Å²) in [6, 6.07) is 8.15. The summed E-state index contributed by atoms with van der Waals surface area (Å²) in [5.41, 5.74) is 1.72. The molecule has 0 saturated heterocycles. The summed E-state index contributed by atoms with van der Waals surface area (Å²) >= 11 is 0. The van der Waals surface area contributed by atoms with Crippen molar-refractivity contribution in [3.8, 4) is 0 Å². The van der Waals surface area contributed by atoms with E-state index in [4.69, 9.17) is 4.74 Å². The second-order valence-corrected chi connectivity index (χ2v) is 16.2. The van der Waals surface area contributed by atoms with Crippen molar-refractivity contribution in [3.05, 3.63) is 65.4 Å². The maximum Gasteiger partial charge on any atom is 0.416 e. The Morgan fingerprint density at radius 3 is 2.60 bits per heavy atom. The number of alkyl halides is 3. The fourth-order valence-corrected chi connectivity index (χ4v) is 10.5. The minimum Gasteiger partial charge on any atom is -0.458 e. The van der Waals surface area contributed by atoms with Crippen LogP contribution in [0.4, 0.5) is 24.7 Å². The smallest absolute Gasteiger partial charge is 0.416 e. The molecular weight excluding hydrogens is 597 g/mol. The first-order valence-electron chi connectivity index (χ1n) is 18.1. The maximum absolute atomic E-state index is 13.5. The van der Waals surface area contributed by atoms with Gasteiger partial charge in [-0.1, -0.05) is 71.6 Å². The van der Waals surface area contributed by atoms with E-state index in [-0.39, 0.29) is 28.6 Å². The predicted molar refractivity (Wildman–Crippen MR) is 181 cm³/mol. The van der Waals surface area contributed by atoms with E-state index >= 15 is 0 Å². The molecule has 3 saturated carbocycles. The first kappa shape index (κ1) is 34.0. The van der Waals surface area contributed by atoms with E-state index < -0.39 is 17.7 Å². The number of benzene rings is 1. The number of ether oxygens (including phenoxy) is 1. The van der Waals surface area contributed by atoms with Crippen molar-refractivity contribution < 1.29 is 22.7 Å². The monoisotopic (exact) mass is 650 g/mol. The van der Waals surface area contributed by atoms with Gasteiger partial charge in [0.25, 0.3) is 0 Å². The van der Waals surface area contributed by atoms with Gasteiger partial charge < -0.3 is 10.1 Å². The third kappa shape index (κ3) is 6.74. The third-order valence-electron chi connectivity index (χ3n) is 13.0. The number of allylic oxidation sites excluding steroid dienone is 1. The predicted octanol–water partition coefficient (Wildman–Crippen LogP) is 11.4. The van der Waals surface area contributed by atoms with Gasteiger partial charge in [-0.2, -0.15) is 13.2 Å². The van der Waals surface area contributed by atoms with Gasteiger partial charge in [0.05, 0.1) is 5.56 Å². The van der Waals surface area contributed by atoms with Crippen LogP contribution in [0.15, 0.2) is 54.2 Å². The minimum absolute atomic E-state index is 0.151. The van der Waals surface area contributed by atoms with Crippen molar-refractivity contribution in [1.29, 1.82) is 0 Å². The Morgan fingerprint density at radius 1 is 1.02 bits per heavy atom. The van der Waals surface area contributed by atoms with E-state index in [1.807, 2.05) is 0 Å². The molecule has 1 N–H and O–H groups in total.